The third-order valence-electron chi connectivity index (χ3n) is 3.38. The molecule has 6 nitrogen and oxygen atoms in total. The summed E-state index contributed by atoms with van der Waals surface area (Å²) in [5.41, 5.74) is 1.25. The number of methoxy groups -OCH3 is 1. The van der Waals surface area contributed by atoms with Crippen molar-refractivity contribution in [2.75, 3.05) is 17.7 Å². The van der Waals surface area contributed by atoms with Gasteiger partial charge in [0, 0.05) is 17.8 Å². The molecule has 0 aliphatic carbocycles. The number of anilines is 3. The maximum atomic E-state index is 13.6. The Morgan fingerprint density at radius 2 is 2.04 bits per heavy atom. The Morgan fingerprint density at radius 1 is 1.20 bits per heavy atom. The minimum Gasteiger partial charge on any atom is -0.495 e. The molecular formula is C17H15ClFN5O. The maximum absolute atomic E-state index is 13.6. The standard InChI is InChI=1S/C17H15ClFN5O/c1-25-15-7-6-12(8-13(15)18)22-16-10-21-24-17(23-16)20-9-11-4-2-3-5-14(11)19/h2-8,10H,9H2,1H3,(H2,20,22,23,24). The summed E-state index contributed by atoms with van der Waals surface area (Å²) in [4.78, 5) is 4.29. The number of nitrogens with one attached hydrogen (secondary N) is 2. The van der Waals surface area contributed by atoms with E-state index in [4.69, 9.17) is 16.3 Å². The van der Waals surface area contributed by atoms with Crippen LogP contribution in [0.4, 0.5) is 21.8 Å². The van der Waals surface area contributed by atoms with Gasteiger partial charge in [-0.1, -0.05) is 29.8 Å². The third kappa shape index (κ3) is 4.33. The van der Waals surface area contributed by atoms with E-state index >= 15 is 0 Å². The Morgan fingerprint density at radius 3 is 2.80 bits per heavy atom. The van der Waals surface area contributed by atoms with E-state index in [1.54, 1.807) is 43.5 Å². The highest BCUT2D eigenvalue weighted by atomic mass is 35.5. The highest BCUT2D eigenvalue weighted by Crippen LogP contribution is 2.28. The van der Waals surface area contributed by atoms with E-state index in [9.17, 15) is 4.39 Å². The number of hydrogen-bond donors (Lipinski definition) is 2. The first-order valence-corrected chi connectivity index (χ1v) is 7.81. The van der Waals surface area contributed by atoms with Crippen molar-refractivity contribution in [3.63, 3.8) is 0 Å². The normalized spacial score (nSPS) is 10.4. The Balaban J connectivity index is 1.69. The second-order valence-electron chi connectivity index (χ2n) is 5.08. The van der Waals surface area contributed by atoms with Gasteiger partial charge in [-0.25, -0.2) is 4.39 Å². The van der Waals surface area contributed by atoms with Crippen molar-refractivity contribution >= 4 is 29.1 Å². The molecule has 0 bridgehead atoms. The fraction of sp³-hybridized carbons (Fsp3) is 0.118. The average Bonchev–Trinajstić information content (AvgIpc) is 2.62. The number of hydrogen-bond acceptors (Lipinski definition) is 6. The Hall–Kier alpha value is -2.93. The number of halogens is 2. The van der Waals surface area contributed by atoms with Crippen molar-refractivity contribution in [3.8, 4) is 5.75 Å². The molecule has 0 radical (unpaired) electrons. The molecular weight excluding hydrogens is 345 g/mol. The molecule has 25 heavy (non-hydrogen) atoms. The molecule has 2 aromatic carbocycles. The molecule has 1 aromatic heterocycles. The second kappa shape index (κ2) is 7.76. The predicted molar refractivity (Wildman–Crippen MR) is 94.8 cm³/mol. The van der Waals surface area contributed by atoms with Crippen LogP contribution in [0.3, 0.4) is 0 Å². The van der Waals surface area contributed by atoms with E-state index in [-0.39, 0.29) is 18.3 Å². The van der Waals surface area contributed by atoms with Crippen LogP contribution in [0.1, 0.15) is 5.56 Å². The Kier molecular flexibility index (Phi) is 5.25. The zero-order valence-corrected chi connectivity index (χ0v) is 14.1. The van der Waals surface area contributed by atoms with Gasteiger partial charge in [-0.3, -0.25) is 0 Å². The molecule has 0 amide bonds. The van der Waals surface area contributed by atoms with Gasteiger partial charge in [0.2, 0.25) is 5.95 Å². The lowest BCUT2D eigenvalue weighted by molar-refractivity contribution is 0.415. The van der Waals surface area contributed by atoms with Gasteiger partial charge in [0.1, 0.15) is 11.6 Å². The minimum atomic E-state index is -0.287. The Bertz CT molecular complexity index is 877. The number of aromatic nitrogens is 3. The first-order chi connectivity index (χ1) is 12.2. The van der Waals surface area contributed by atoms with Crippen LogP contribution in [0.25, 0.3) is 0 Å². The van der Waals surface area contributed by atoms with Gasteiger partial charge < -0.3 is 15.4 Å². The molecule has 3 rings (SSSR count). The van der Waals surface area contributed by atoms with Crippen LogP contribution in [0, 0.1) is 5.82 Å². The van der Waals surface area contributed by atoms with Crippen molar-refractivity contribution in [3.05, 3.63) is 65.1 Å². The fourth-order valence-corrected chi connectivity index (χ4v) is 2.40. The summed E-state index contributed by atoms with van der Waals surface area (Å²) in [6.45, 7) is 0.256. The number of rotatable bonds is 6. The number of benzene rings is 2. The van der Waals surface area contributed by atoms with Gasteiger partial charge >= 0.3 is 0 Å². The second-order valence-corrected chi connectivity index (χ2v) is 5.49. The lowest BCUT2D eigenvalue weighted by Crippen LogP contribution is -2.07. The fourth-order valence-electron chi connectivity index (χ4n) is 2.15. The van der Waals surface area contributed by atoms with E-state index in [1.807, 2.05) is 0 Å². The monoisotopic (exact) mass is 359 g/mol. The van der Waals surface area contributed by atoms with Crippen LogP contribution < -0.4 is 15.4 Å². The molecule has 0 aliphatic rings. The summed E-state index contributed by atoms with van der Waals surface area (Å²) in [6.07, 6.45) is 1.48. The molecule has 8 heteroatoms. The predicted octanol–water partition coefficient (Wildman–Crippen LogP) is 4.03. The molecule has 3 aromatic rings. The van der Waals surface area contributed by atoms with Gasteiger partial charge in [0.15, 0.2) is 5.82 Å². The topological polar surface area (TPSA) is 72.0 Å². The van der Waals surface area contributed by atoms with Crippen molar-refractivity contribution in [1.82, 2.24) is 15.2 Å². The van der Waals surface area contributed by atoms with E-state index < -0.39 is 0 Å². The first kappa shape index (κ1) is 16.9. The maximum Gasteiger partial charge on any atom is 0.244 e. The SMILES string of the molecule is COc1ccc(Nc2cnnc(NCc3ccccc3F)n2)cc1Cl. The van der Waals surface area contributed by atoms with Crippen molar-refractivity contribution in [2.45, 2.75) is 6.54 Å². The van der Waals surface area contributed by atoms with E-state index in [0.717, 1.165) is 5.69 Å². The molecule has 0 aliphatic heterocycles. The highest BCUT2D eigenvalue weighted by Gasteiger charge is 2.06. The van der Waals surface area contributed by atoms with E-state index in [1.165, 1.54) is 12.3 Å². The van der Waals surface area contributed by atoms with Gasteiger partial charge in [-0.05, 0) is 24.3 Å². The van der Waals surface area contributed by atoms with Gasteiger partial charge in [0.25, 0.3) is 0 Å². The molecule has 0 spiro atoms. The van der Waals surface area contributed by atoms with Crippen molar-refractivity contribution in [1.29, 1.82) is 0 Å². The molecule has 0 saturated heterocycles. The third-order valence-corrected chi connectivity index (χ3v) is 3.67. The van der Waals surface area contributed by atoms with Gasteiger partial charge in [-0.15, -0.1) is 5.10 Å². The molecule has 0 unspecified atom stereocenters. The highest BCUT2D eigenvalue weighted by molar-refractivity contribution is 6.32. The zero-order chi connectivity index (χ0) is 17.6. The first-order valence-electron chi connectivity index (χ1n) is 7.43. The van der Waals surface area contributed by atoms with Crippen LogP contribution in [0.5, 0.6) is 5.75 Å². The zero-order valence-electron chi connectivity index (χ0n) is 13.3. The van der Waals surface area contributed by atoms with Crippen LogP contribution in [-0.4, -0.2) is 22.3 Å². The summed E-state index contributed by atoms with van der Waals surface area (Å²) in [6, 6.07) is 11.8. The van der Waals surface area contributed by atoms with Crippen molar-refractivity contribution < 1.29 is 9.13 Å². The molecule has 128 valence electrons. The van der Waals surface area contributed by atoms with Crippen LogP contribution in [0.2, 0.25) is 5.02 Å². The molecule has 0 atom stereocenters. The average molecular weight is 360 g/mol. The van der Waals surface area contributed by atoms with Crippen LogP contribution in [-0.2, 0) is 6.54 Å². The molecule has 0 saturated carbocycles. The van der Waals surface area contributed by atoms with Crippen LogP contribution >= 0.6 is 11.6 Å². The lowest BCUT2D eigenvalue weighted by atomic mass is 10.2. The molecule has 1 heterocycles. The number of ether oxygens (including phenoxy) is 1. The minimum absolute atomic E-state index is 0.256. The smallest absolute Gasteiger partial charge is 0.244 e. The Labute approximate surface area is 149 Å². The van der Waals surface area contributed by atoms with Crippen LogP contribution in [0.15, 0.2) is 48.7 Å². The summed E-state index contributed by atoms with van der Waals surface area (Å²) >= 11 is 6.10. The van der Waals surface area contributed by atoms with E-state index in [2.05, 4.69) is 25.8 Å². The molecule has 2 N–H and O–H groups in total. The summed E-state index contributed by atoms with van der Waals surface area (Å²) in [5.74, 6) is 1.06. The van der Waals surface area contributed by atoms with Crippen molar-refractivity contribution in [2.24, 2.45) is 0 Å². The van der Waals surface area contributed by atoms with Gasteiger partial charge in [-0.2, -0.15) is 10.1 Å². The summed E-state index contributed by atoms with van der Waals surface area (Å²) in [5, 5.41) is 14.3. The lowest BCUT2D eigenvalue weighted by Gasteiger charge is -2.09. The summed E-state index contributed by atoms with van der Waals surface area (Å²) in [7, 11) is 1.55. The van der Waals surface area contributed by atoms with E-state index in [0.29, 0.717) is 22.2 Å². The quantitative estimate of drug-likeness (QED) is 0.692. The number of nitrogens with zero attached hydrogens (tertiary/aromatic N) is 3. The molecule has 0 fully saturated rings. The summed E-state index contributed by atoms with van der Waals surface area (Å²) < 4.78 is 18.7. The van der Waals surface area contributed by atoms with Gasteiger partial charge in [0.05, 0.1) is 18.3 Å². The largest absolute Gasteiger partial charge is 0.495 e.